The lowest BCUT2D eigenvalue weighted by atomic mass is 9.96. The Labute approximate surface area is 149 Å². The summed E-state index contributed by atoms with van der Waals surface area (Å²) in [7, 11) is 0. The fourth-order valence-corrected chi connectivity index (χ4v) is 4.43. The van der Waals surface area contributed by atoms with Gasteiger partial charge in [-0.15, -0.1) is 0 Å². The summed E-state index contributed by atoms with van der Waals surface area (Å²) in [5, 5.41) is 10.5. The third kappa shape index (κ3) is 3.51. The molecule has 1 aromatic carbocycles. The second kappa shape index (κ2) is 7.26. The Morgan fingerprint density at radius 3 is 2.96 bits per heavy atom. The molecule has 1 unspecified atom stereocenters. The van der Waals surface area contributed by atoms with Gasteiger partial charge in [0.05, 0.1) is 12.7 Å². The number of anilines is 1. The van der Waals surface area contributed by atoms with Gasteiger partial charge in [-0.05, 0) is 36.9 Å². The van der Waals surface area contributed by atoms with Crippen LogP contribution in [0.15, 0.2) is 29.4 Å². The molecule has 0 bridgehead atoms. The maximum absolute atomic E-state index is 9.72. The molecule has 8 heteroatoms. The number of nitrogens with one attached hydrogen (secondary N) is 1. The molecule has 2 aliphatic heterocycles. The molecule has 128 valence electrons. The Balaban J connectivity index is 1.47. The van der Waals surface area contributed by atoms with Crippen LogP contribution in [0.3, 0.4) is 0 Å². The van der Waals surface area contributed by atoms with E-state index >= 15 is 0 Å². The maximum Gasteiger partial charge on any atom is 0.212 e. The van der Waals surface area contributed by atoms with Crippen molar-refractivity contribution in [2.75, 3.05) is 24.4 Å². The van der Waals surface area contributed by atoms with Gasteiger partial charge in [-0.2, -0.15) is 4.37 Å². The van der Waals surface area contributed by atoms with E-state index in [0.717, 1.165) is 54.7 Å². The van der Waals surface area contributed by atoms with Gasteiger partial charge >= 0.3 is 0 Å². The van der Waals surface area contributed by atoms with E-state index in [4.69, 9.17) is 4.74 Å². The molecule has 2 aliphatic rings. The van der Waals surface area contributed by atoms with Crippen molar-refractivity contribution in [1.82, 2.24) is 14.3 Å². The van der Waals surface area contributed by atoms with Crippen LogP contribution >= 0.6 is 23.5 Å². The molecule has 1 aromatic heterocycles. The second-order valence-electron chi connectivity index (χ2n) is 6.07. The first-order chi connectivity index (χ1) is 11.8. The van der Waals surface area contributed by atoms with E-state index in [2.05, 4.69) is 37.2 Å². The van der Waals surface area contributed by atoms with Crippen LogP contribution in [-0.4, -0.2) is 45.2 Å². The predicted octanol–water partition coefficient (Wildman–Crippen LogP) is 2.94. The fourth-order valence-electron chi connectivity index (χ4n) is 3.31. The molecule has 2 aromatic rings. The smallest absolute Gasteiger partial charge is 0.212 e. The highest BCUT2D eigenvalue weighted by molar-refractivity contribution is 8.00. The van der Waals surface area contributed by atoms with Crippen LogP contribution in [-0.2, 0) is 0 Å². The zero-order valence-electron chi connectivity index (χ0n) is 13.2. The van der Waals surface area contributed by atoms with E-state index < -0.39 is 0 Å². The molecule has 2 N–H and O–H groups in total. The van der Waals surface area contributed by atoms with Crippen LogP contribution in [0.4, 0.5) is 5.13 Å². The van der Waals surface area contributed by atoms with Crippen molar-refractivity contribution in [3.05, 3.63) is 30.1 Å². The standard InChI is InChI=1S/C16H20N4O2S2/c21-11-3-6-20(7-4-11)14-5-8-22-15-9-12(1-2-13(14)15)23-19-16-17-10-18-24-16/h1-2,9-11,14,21H,3-8H2,(H,17,18,19). The summed E-state index contributed by atoms with van der Waals surface area (Å²) in [6.45, 7) is 2.66. The molecule has 0 aliphatic carbocycles. The number of hydrogen-bond donors (Lipinski definition) is 2. The van der Waals surface area contributed by atoms with E-state index in [1.165, 1.54) is 29.0 Å². The molecule has 4 rings (SSSR count). The number of hydrogen-bond acceptors (Lipinski definition) is 8. The van der Waals surface area contributed by atoms with Crippen LogP contribution in [0.1, 0.15) is 30.9 Å². The number of piperidine rings is 1. The number of rotatable bonds is 4. The van der Waals surface area contributed by atoms with E-state index in [1.54, 1.807) is 6.33 Å². The Bertz CT molecular complexity index is 675. The number of fused-ring (bicyclic) bond motifs is 1. The monoisotopic (exact) mass is 364 g/mol. The summed E-state index contributed by atoms with van der Waals surface area (Å²) >= 11 is 2.86. The zero-order chi connectivity index (χ0) is 16.4. The summed E-state index contributed by atoms with van der Waals surface area (Å²) in [6, 6.07) is 6.79. The predicted molar refractivity (Wildman–Crippen MR) is 95.5 cm³/mol. The second-order valence-corrected chi connectivity index (χ2v) is 7.73. The van der Waals surface area contributed by atoms with Crippen molar-refractivity contribution in [3.63, 3.8) is 0 Å². The largest absolute Gasteiger partial charge is 0.493 e. The van der Waals surface area contributed by atoms with Gasteiger partial charge in [-0.25, -0.2) is 4.98 Å². The van der Waals surface area contributed by atoms with Crippen LogP contribution in [0, 0.1) is 0 Å². The van der Waals surface area contributed by atoms with E-state index in [-0.39, 0.29) is 6.10 Å². The molecule has 6 nitrogen and oxygen atoms in total. The van der Waals surface area contributed by atoms with E-state index in [9.17, 15) is 5.11 Å². The van der Waals surface area contributed by atoms with Crippen molar-refractivity contribution in [2.24, 2.45) is 0 Å². The molecule has 1 atom stereocenters. The quantitative estimate of drug-likeness (QED) is 0.808. The highest BCUT2D eigenvalue weighted by atomic mass is 32.2. The van der Waals surface area contributed by atoms with Gasteiger partial charge in [0.2, 0.25) is 5.13 Å². The number of ether oxygens (including phenoxy) is 1. The normalized spacial score (nSPS) is 22.0. The van der Waals surface area contributed by atoms with Crippen molar-refractivity contribution >= 4 is 28.6 Å². The Morgan fingerprint density at radius 1 is 1.29 bits per heavy atom. The van der Waals surface area contributed by atoms with Crippen LogP contribution in [0.25, 0.3) is 0 Å². The van der Waals surface area contributed by atoms with Gasteiger partial charge < -0.3 is 14.6 Å². The topological polar surface area (TPSA) is 70.5 Å². The van der Waals surface area contributed by atoms with Crippen molar-refractivity contribution in [2.45, 2.75) is 36.3 Å². The summed E-state index contributed by atoms with van der Waals surface area (Å²) in [6.07, 6.45) is 4.16. The van der Waals surface area contributed by atoms with Gasteiger partial charge in [-0.3, -0.25) is 4.90 Å². The van der Waals surface area contributed by atoms with Crippen LogP contribution in [0.5, 0.6) is 5.75 Å². The van der Waals surface area contributed by atoms with E-state index in [0.29, 0.717) is 6.04 Å². The first-order valence-electron chi connectivity index (χ1n) is 8.18. The number of aliphatic hydroxyl groups excluding tert-OH is 1. The minimum Gasteiger partial charge on any atom is -0.493 e. The maximum atomic E-state index is 9.72. The molecule has 0 spiro atoms. The third-order valence-electron chi connectivity index (χ3n) is 4.55. The lowest BCUT2D eigenvalue weighted by Gasteiger charge is -2.39. The molecule has 0 saturated carbocycles. The summed E-state index contributed by atoms with van der Waals surface area (Å²) in [4.78, 5) is 7.70. The first kappa shape index (κ1) is 16.1. The molecule has 1 saturated heterocycles. The van der Waals surface area contributed by atoms with Gasteiger partial charge in [0.15, 0.2) is 0 Å². The lowest BCUT2D eigenvalue weighted by Crippen LogP contribution is -2.40. The molecule has 3 heterocycles. The number of nitrogens with zero attached hydrogens (tertiary/aromatic N) is 3. The highest BCUT2D eigenvalue weighted by Crippen LogP contribution is 2.39. The SMILES string of the molecule is OC1CCN(C2CCOc3cc(SNc4ncns4)ccc32)CC1. The Kier molecular flexibility index (Phi) is 4.88. The number of aromatic nitrogens is 2. The van der Waals surface area contributed by atoms with Crippen molar-refractivity contribution in [3.8, 4) is 5.75 Å². The van der Waals surface area contributed by atoms with Crippen LogP contribution < -0.4 is 9.46 Å². The summed E-state index contributed by atoms with van der Waals surface area (Å²) in [5.74, 6) is 0.974. The van der Waals surface area contributed by atoms with Gasteiger partial charge in [0.25, 0.3) is 0 Å². The molecular weight excluding hydrogens is 344 g/mol. The molecule has 1 fully saturated rings. The summed E-state index contributed by atoms with van der Waals surface area (Å²) < 4.78 is 13.1. The van der Waals surface area contributed by atoms with Crippen LogP contribution in [0.2, 0.25) is 0 Å². The summed E-state index contributed by atoms with van der Waals surface area (Å²) in [5.41, 5.74) is 1.26. The molecular formula is C16H20N4O2S2. The fraction of sp³-hybridized carbons (Fsp3) is 0.500. The minimum atomic E-state index is -0.134. The Hall–Kier alpha value is -1.35. The highest BCUT2D eigenvalue weighted by Gasteiger charge is 2.29. The average Bonchev–Trinajstić information content (AvgIpc) is 3.13. The van der Waals surface area contributed by atoms with Gasteiger partial charge in [0.1, 0.15) is 12.1 Å². The number of benzene rings is 1. The van der Waals surface area contributed by atoms with E-state index in [1.807, 2.05) is 0 Å². The van der Waals surface area contributed by atoms with Crippen molar-refractivity contribution in [1.29, 1.82) is 0 Å². The third-order valence-corrected chi connectivity index (χ3v) is 6.04. The van der Waals surface area contributed by atoms with Gasteiger partial charge in [0, 0.05) is 47.5 Å². The zero-order valence-corrected chi connectivity index (χ0v) is 14.9. The average molecular weight is 364 g/mol. The number of likely N-dealkylation sites (tertiary alicyclic amines) is 1. The Morgan fingerprint density at radius 2 is 2.17 bits per heavy atom. The first-order valence-corrected chi connectivity index (χ1v) is 9.77. The molecule has 0 radical (unpaired) electrons. The molecule has 0 amide bonds. The minimum absolute atomic E-state index is 0.134. The van der Waals surface area contributed by atoms with Crippen molar-refractivity contribution < 1.29 is 9.84 Å². The van der Waals surface area contributed by atoms with Gasteiger partial charge in [-0.1, -0.05) is 6.07 Å². The lowest BCUT2D eigenvalue weighted by molar-refractivity contribution is 0.0481. The molecule has 24 heavy (non-hydrogen) atoms. The number of aliphatic hydroxyl groups is 1.